The molecule has 0 aromatic heterocycles. The molecule has 3 N–H and O–H groups in total. The summed E-state index contributed by atoms with van der Waals surface area (Å²) in [5.41, 5.74) is 0. The molecule has 0 saturated heterocycles. The predicted octanol–water partition coefficient (Wildman–Crippen LogP) is 1.42. The second-order valence-electron chi connectivity index (χ2n) is 3.80. The van der Waals surface area contributed by atoms with Crippen LogP contribution in [0.4, 0.5) is 13.6 Å². The molecule has 1 aliphatic carbocycles. The van der Waals surface area contributed by atoms with Crippen molar-refractivity contribution < 1.29 is 18.7 Å². The number of carboxylic acid groups (broad SMARTS) is 1. The summed E-state index contributed by atoms with van der Waals surface area (Å²) >= 11 is 0. The van der Waals surface area contributed by atoms with Gasteiger partial charge >= 0.3 is 6.09 Å². The zero-order valence-electron chi connectivity index (χ0n) is 8.38. The summed E-state index contributed by atoms with van der Waals surface area (Å²) in [7, 11) is 0. The third-order valence-electron chi connectivity index (χ3n) is 2.62. The summed E-state index contributed by atoms with van der Waals surface area (Å²) in [6.07, 6.45) is -0.408. The molecule has 1 fully saturated rings. The number of amides is 1. The van der Waals surface area contributed by atoms with Crippen molar-refractivity contribution in [2.75, 3.05) is 6.54 Å². The van der Waals surface area contributed by atoms with Crippen LogP contribution in [0.3, 0.4) is 0 Å². The lowest BCUT2D eigenvalue weighted by atomic mass is 9.91. The van der Waals surface area contributed by atoms with E-state index in [0.717, 1.165) is 12.8 Å². The minimum Gasteiger partial charge on any atom is -0.465 e. The van der Waals surface area contributed by atoms with Crippen molar-refractivity contribution in [3.8, 4) is 0 Å². The number of hydrogen-bond acceptors (Lipinski definition) is 2. The molecule has 1 rings (SSSR count). The monoisotopic (exact) mass is 222 g/mol. The Bertz CT molecular complexity index is 206. The lowest BCUT2D eigenvalue weighted by Gasteiger charge is -2.28. The largest absolute Gasteiger partial charge is 0.465 e. The highest BCUT2D eigenvalue weighted by Gasteiger charge is 2.22. The van der Waals surface area contributed by atoms with Gasteiger partial charge in [-0.05, 0) is 25.7 Å². The minimum atomic E-state index is -2.32. The van der Waals surface area contributed by atoms with Crippen molar-refractivity contribution in [3.63, 3.8) is 0 Å². The van der Waals surface area contributed by atoms with E-state index in [2.05, 4.69) is 10.6 Å². The van der Waals surface area contributed by atoms with Crippen LogP contribution in [0.25, 0.3) is 0 Å². The highest BCUT2D eigenvalue weighted by Crippen LogP contribution is 2.18. The molecule has 15 heavy (non-hydrogen) atoms. The maximum atomic E-state index is 11.9. The molecule has 0 unspecified atom stereocenters. The van der Waals surface area contributed by atoms with Crippen LogP contribution < -0.4 is 10.6 Å². The van der Waals surface area contributed by atoms with Gasteiger partial charge in [0.1, 0.15) is 0 Å². The van der Waals surface area contributed by atoms with E-state index in [1.165, 1.54) is 0 Å². The van der Waals surface area contributed by atoms with Crippen LogP contribution in [0.15, 0.2) is 0 Å². The molecule has 1 aliphatic rings. The zero-order chi connectivity index (χ0) is 11.3. The van der Waals surface area contributed by atoms with Crippen LogP contribution >= 0.6 is 0 Å². The van der Waals surface area contributed by atoms with E-state index < -0.39 is 12.5 Å². The van der Waals surface area contributed by atoms with Crippen LogP contribution in [0.1, 0.15) is 25.7 Å². The third-order valence-corrected chi connectivity index (χ3v) is 2.62. The van der Waals surface area contributed by atoms with Gasteiger partial charge in [-0.25, -0.2) is 13.6 Å². The number of alkyl halides is 2. The first kappa shape index (κ1) is 12.2. The van der Waals surface area contributed by atoms with E-state index in [1.54, 1.807) is 0 Å². The van der Waals surface area contributed by atoms with Crippen LogP contribution in [0, 0.1) is 0 Å². The fourth-order valence-electron chi connectivity index (χ4n) is 1.87. The molecule has 0 heterocycles. The molecular weight excluding hydrogens is 206 g/mol. The molecule has 0 atom stereocenters. The molecule has 0 aliphatic heterocycles. The molecule has 4 nitrogen and oxygen atoms in total. The van der Waals surface area contributed by atoms with Gasteiger partial charge < -0.3 is 15.7 Å². The molecule has 0 bridgehead atoms. The summed E-state index contributed by atoms with van der Waals surface area (Å²) in [5.74, 6) is 0. The Morgan fingerprint density at radius 1 is 1.27 bits per heavy atom. The van der Waals surface area contributed by atoms with Gasteiger partial charge in [0.15, 0.2) is 0 Å². The Balaban J connectivity index is 2.15. The van der Waals surface area contributed by atoms with Crippen LogP contribution in [0.5, 0.6) is 0 Å². The van der Waals surface area contributed by atoms with E-state index in [1.807, 2.05) is 0 Å². The quantitative estimate of drug-likeness (QED) is 0.674. The van der Waals surface area contributed by atoms with Gasteiger partial charge in [0.2, 0.25) is 0 Å². The molecule has 0 aromatic rings. The number of nitrogens with one attached hydrogen (secondary N) is 2. The van der Waals surface area contributed by atoms with Crippen molar-refractivity contribution in [2.24, 2.45) is 0 Å². The number of carbonyl (C=O) groups is 1. The van der Waals surface area contributed by atoms with Crippen molar-refractivity contribution >= 4 is 6.09 Å². The molecule has 0 radical (unpaired) electrons. The maximum Gasteiger partial charge on any atom is 0.404 e. The molecule has 0 spiro atoms. The first-order valence-corrected chi connectivity index (χ1v) is 5.09. The minimum absolute atomic E-state index is 0.0212. The second kappa shape index (κ2) is 5.85. The van der Waals surface area contributed by atoms with Gasteiger partial charge in [-0.2, -0.15) is 0 Å². The first-order chi connectivity index (χ1) is 7.08. The smallest absolute Gasteiger partial charge is 0.404 e. The number of hydrogen-bond donors (Lipinski definition) is 3. The summed E-state index contributed by atoms with van der Waals surface area (Å²) in [6, 6.07) is 0.0814. The maximum absolute atomic E-state index is 11.9. The number of rotatable bonds is 4. The van der Waals surface area contributed by atoms with E-state index in [9.17, 15) is 13.6 Å². The van der Waals surface area contributed by atoms with Gasteiger partial charge in [0.05, 0.1) is 6.54 Å². The van der Waals surface area contributed by atoms with Crippen LogP contribution in [-0.2, 0) is 0 Å². The Hall–Kier alpha value is -0.910. The average Bonchev–Trinajstić information content (AvgIpc) is 2.16. The zero-order valence-corrected chi connectivity index (χ0v) is 8.38. The van der Waals surface area contributed by atoms with Crippen LogP contribution in [0.2, 0.25) is 0 Å². The van der Waals surface area contributed by atoms with Gasteiger partial charge in [-0.3, -0.25) is 0 Å². The van der Waals surface area contributed by atoms with Crippen LogP contribution in [-0.4, -0.2) is 36.3 Å². The van der Waals surface area contributed by atoms with E-state index in [4.69, 9.17) is 5.11 Å². The Morgan fingerprint density at radius 3 is 2.27 bits per heavy atom. The Morgan fingerprint density at radius 2 is 1.80 bits per heavy atom. The molecule has 1 saturated carbocycles. The van der Waals surface area contributed by atoms with Gasteiger partial charge in [0.25, 0.3) is 6.43 Å². The first-order valence-electron chi connectivity index (χ1n) is 5.09. The summed E-state index contributed by atoms with van der Waals surface area (Å²) in [6.45, 7) is -0.276. The highest BCUT2D eigenvalue weighted by atomic mass is 19.3. The second-order valence-corrected chi connectivity index (χ2v) is 3.80. The normalized spacial score (nSPS) is 26.6. The van der Waals surface area contributed by atoms with Crippen molar-refractivity contribution in [3.05, 3.63) is 0 Å². The Kier molecular flexibility index (Phi) is 4.74. The van der Waals surface area contributed by atoms with Crippen molar-refractivity contribution in [1.29, 1.82) is 0 Å². The molecule has 6 heteroatoms. The van der Waals surface area contributed by atoms with E-state index in [0.29, 0.717) is 12.8 Å². The topological polar surface area (TPSA) is 61.4 Å². The third kappa shape index (κ3) is 4.92. The number of halogens is 2. The van der Waals surface area contributed by atoms with Gasteiger partial charge in [-0.15, -0.1) is 0 Å². The molecule has 0 aromatic carbocycles. The summed E-state index contributed by atoms with van der Waals surface area (Å²) in [4.78, 5) is 10.3. The van der Waals surface area contributed by atoms with Gasteiger partial charge in [-0.1, -0.05) is 0 Å². The van der Waals surface area contributed by atoms with Crippen molar-refractivity contribution in [2.45, 2.75) is 44.2 Å². The summed E-state index contributed by atoms with van der Waals surface area (Å²) < 4.78 is 23.8. The lowest BCUT2D eigenvalue weighted by Crippen LogP contribution is -2.42. The van der Waals surface area contributed by atoms with Gasteiger partial charge in [0, 0.05) is 12.1 Å². The summed E-state index contributed by atoms with van der Waals surface area (Å²) in [5, 5.41) is 13.7. The fraction of sp³-hybridized carbons (Fsp3) is 0.889. The molecular formula is C9H16F2N2O2. The predicted molar refractivity (Wildman–Crippen MR) is 51.2 cm³/mol. The lowest BCUT2D eigenvalue weighted by molar-refractivity contribution is 0.136. The Labute approximate surface area is 87.0 Å². The molecule has 88 valence electrons. The fourth-order valence-corrected chi connectivity index (χ4v) is 1.87. The SMILES string of the molecule is O=C(O)N[C@H]1CC[C@H](NCC(F)F)CC1. The highest BCUT2D eigenvalue weighted by molar-refractivity contribution is 5.64. The average molecular weight is 222 g/mol. The molecule has 1 amide bonds. The van der Waals surface area contributed by atoms with E-state index in [-0.39, 0.29) is 18.6 Å². The standard InChI is InChI=1S/C9H16F2N2O2/c10-8(11)5-12-6-1-3-7(4-2-6)13-9(14)15/h6-8,12-13H,1-5H2,(H,14,15)/t6-,7-. The van der Waals surface area contributed by atoms with E-state index >= 15 is 0 Å². The van der Waals surface area contributed by atoms with Crippen molar-refractivity contribution in [1.82, 2.24) is 10.6 Å².